The van der Waals surface area contributed by atoms with E-state index >= 15 is 0 Å². The van der Waals surface area contributed by atoms with Crippen LogP contribution in [-0.2, 0) is 9.59 Å². The van der Waals surface area contributed by atoms with E-state index in [0.29, 0.717) is 6.41 Å². The average molecular weight is 198 g/mol. The van der Waals surface area contributed by atoms with Crippen molar-refractivity contribution in [1.29, 1.82) is 0 Å². The van der Waals surface area contributed by atoms with Gasteiger partial charge in [0, 0.05) is 12.1 Å². The van der Waals surface area contributed by atoms with E-state index in [4.69, 9.17) is 0 Å². The van der Waals surface area contributed by atoms with Gasteiger partial charge in [-0.15, -0.1) is 0 Å². The monoisotopic (exact) mass is 198 g/mol. The number of amides is 2. The fraction of sp³-hybridized carbons (Fsp3) is 0.600. The van der Waals surface area contributed by atoms with Crippen LogP contribution in [0, 0.1) is 0 Å². The second kappa shape index (κ2) is 7.12. The largest absolute Gasteiger partial charge is 0.356 e. The first-order chi connectivity index (χ1) is 6.63. The highest BCUT2D eigenvalue weighted by molar-refractivity contribution is 5.87. The maximum atomic E-state index is 11.0. The van der Waals surface area contributed by atoms with Gasteiger partial charge in [-0.3, -0.25) is 9.59 Å². The van der Waals surface area contributed by atoms with Gasteiger partial charge in [0.15, 0.2) is 0 Å². The zero-order valence-corrected chi connectivity index (χ0v) is 8.75. The van der Waals surface area contributed by atoms with Crippen molar-refractivity contribution in [2.24, 2.45) is 0 Å². The van der Waals surface area contributed by atoms with Crippen molar-refractivity contribution in [2.45, 2.75) is 38.8 Å². The lowest BCUT2D eigenvalue weighted by Crippen LogP contribution is -2.38. The zero-order valence-electron chi connectivity index (χ0n) is 8.75. The predicted octanol–water partition coefficient (Wildman–Crippen LogP) is 0.592. The van der Waals surface area contributed by atoms with Crippen LogP contribution in [0.2, 0.25) is 0 Å². The van der Waals surface area contributed by atoms with E-state index in [1.54, 1.807) is 0 Å². The molecular weight excluding hydrogens is 180 g/mol. The molecular formula is C10H18N2O2. The minimum atomic E-state index is -0.171. The standard InChI is InChI=1S/C10H18N2O2/c1-4-9(12-10(14)5-2)6-8(3)11-7-13/h5,7-9H,2,4,6H2,1,3H3,(H,11,13)(H,12,14). The average Bonchev–Trinajstić information content (AvgIpc) is 2.16. The van der Waals surface area contributed by atoms with Crippen LogP contribution < -0.4 is 10.6 Å². The third-order valence-corrected chi connectivity index (χ3v) is 2.02. The van der Waals surface area contributed by atoms with Crippen LogP contribution in [0.5, 0.6) is 0 Å². The van der Waals surface area contributed by atoms with Crippen molar-refractivity contribution in [3.8, 4) is 0 Å². The number of rotatable bonds is 7. The Balaban J connectivity index is 3.94. The number of carbonyl (C=O) groups is 2. The molecule has 4 heteroatoms. The molecule has 0 saturated carbocycles. The van der Waals surface area contributed by atoms with Crippen LogP contribution in [0.1, 0.15) is 26.7 Å². The SMILES string of the molecule is C=CC(=O)NC(CC)CC(C)NC=O. The Morgan fingerprint density at radius 1 is 1.57 bits per heavy atom. The number of hydrogen-bond donors (Lipinski definition) is 2. The van der Waals surface area contributed by atoms with E-state index in [9.17, 15) is 9.59 Å². The molecule has 0 rings (SSSR count). The highest BCUT2D eigenvalue weighted by Crippen LogP contribution is 2.01. The summed E-state index contributed by atoms with van der Waals surface area (Å²) in [5.74, 6) is -0.171. The minimum Gasteiger partial charge on any atom is -0.356 e. The summed E-state index contributed by atoms with van der Waals surface area (Å²) < 4.78 is 0. The minimum absolute atomic E-state index is 0.0718. The van der Waals surface area contributed by atoms with E-state index in [1.807, 2.05) is 13.8 Å². The Labute approximate surface area is 84.8 Å². The van der Waals surface area contributed by atoms with Crippen LogP contribution >= 0.6 is 0 Å². The molecule has 4 nitrogen and oxygen atoms in total. The zero-order chi connectivity index (χ0) is 11.0. The van der Waals surface area contributed by atoms with Crippen LogP contribution in [0.15, 0.2) is 12.7 Å². The molecule has 2 atom stereocenters. The van der Waals surface area contributed by atoms with Crippen molar-refractivity contribution in [3.63, 3.8) is 0 Å². The molecule has 0 fully saturated rings. The summed E-state index contributed by atoms with van der Waals surface area (Å²) in [6.07, 6.45) is 3.49. The van der Waals surface area contributed by atoms with Crippen molar-refractivity contribution < 1.29 is 9.59 Å². The van der Waals surface area contributed by atoms with E-state index in [0.717, 1.165) is 12.8 Å². The normalized spacial score (nSPS) is 13.9. The Bertz CT molecular complexity index is 204. The van der Waals surface area contributed by atoms with Crippen LogP contribution in [0.3, 0.4) is 0 Å². The van der Waals surface area contributed by atoms with Crippen molar-refractivity contribution in [1.82, 2.24) is 10.6 Å². The summed E-state index contributed by atoms with van der Waals surface area (Å²) in [7, 11) is 0. The molecule has 0 bridgehead atoms. The Hall–Kier alpha value is -1.32. The second-order valence-electron chi connectivity index (χ2n) is 3.24. The van der Waals surface area contributed by atoms with Gasteiger partial charge in [0.05, 0.1) is 0 Å². The van der Waals surface area contributed by atoms with Gasteiger partial charge in [0.1, 0.15) is 0 Å². The molecule has 0 heterocycles. The molecule has 0 aromatic carbocycles. The Kier molecular flexibility index (Phi) is 6.45. The molecule has 2 N–H and O–H groups in total. The summed E-state index contributed by atoms with van der Waals surface area (Å²) in [6.45, 7) is 7.27. The Morgan fingerprint density at radius 2 is 2.21 bits per heavy atom. The molecule has 0 aliphatic heterocycles. The van der Waals surface area contributed by atoms with Crippen LogP contribution in [0.25, 0.3) is 0 Å². The lowest BCUT2D eigenvalue weighted by Gasteiger charge is -2.19. The highest BCUT2D eigenvalue weighted by atomic mass is 16.1. The van der Waals surface area contributed by atoms with E-state index in [2.05, 4.69) is 17.2 Å². The molecule has 80 valence electrons. The molecule has 0 aliphatic rings. The maximum absolute atomic E-state index is 11.0. The third kappa shape index (κ3) is 5.35. The molecule has 0 radical (unpaired) electrons. The number of hydrogen-bond acceptors (Lipinski definition) is 2. The van der Waals surface area contributed by atoms with Gasteiger partial charge in [0.25, 0.3) is 0 Å². The van der Waals surface area contributed by atoms with Crippen molar-refractivity contribution in [2.75, 3.05) is 0 Å². The second-order valence-corrected chi connectivity index (χ2v) is 3.24. The molecule has 14 heavy (non-hydrogen) atoms. The lowest BCUT2D eigenvalue weighted by molar-refractivity contribution is -0.117. The first-order valence-electron chi connectivity index (χ1n) is 4.76. The molecule has 2 unspecified atom stereocenters. The lowest BCUT2D eigenvalue weighted by atomic mass is 10.1. The summed E-state index contributed by atoms with van der Waals surface area (Å²) in [6, 6.07) is 0.158. The summed E-state index contributed by atoms with van der Waals surface area (Å²) in [5, 5.41) is 5.44. The van der Waals surface area contributed by atoms with E-state index in [1.165, 1.54) is 6.08 Å². The molecule has 2 amide bonds. The number of nitrogens with one attached hydrogen (secondary N) is 2. The third-order valence-electron chi connectivity index (χ3n) is 2.02. The predicted molar refractivity (Wildman–Crippen MR) is 55.7 cm³/mol. The summed E-state index contributed by atoms with van der Waals surface area (Å²) >= 11 is 0. The molecule has 0 aromatic rings. The van der Waals surface area contributed by atoms with Gasteiger partial charge in [0.2, 0.25) is 12.3 Å². The van der Waals surface area contributed by atoms with Crippen molar-refractivity contribution in [3.05, 3.63) is 12.7 Å². The first kappa shape index (κ1) is 12.7. The highest BCUT2D eigenvalue weighted by Gasteiger charge is 2.11. The van der Waals surface area contributed by atoms with Crippen LogP contribution in [0.4, 0.5) is 0 Å². The quantitative estimate of drug-likeness (QED) is 0.464. The first-order valence-corrected chi connectivity index (χ1v) is 4.76. The molecule has 0 saturated heterocycles. The van der Waals surface area contributed by atoms with E-state index < -0.39 is 0 Å². The topological polar surface area (TPSA) is 58.2 Å². The maximum Gasteiger partial charge on any atom is 0.243 e. The van der Waals surface area contributed by atoms with Gasteiger partial charge < -0.3 is 10.6 Å². The molecule has 0 spiro atoms. The summed E-state index contributed by atoms with van der Waals surface area (Å²) in [5.41, 5.74) is 0. The smallest absolute Gasteiger partial charge is 0.243 e. The Morgan fingerprint density at radius 3 is 2.64 bits per heavy atom. The van der Waals surface area contributed by atoms with Crippen molar-refractivity contribution >= 4 is 12.3 Å². The van der Waals surface area contributed by atoms with Crippen LogP contribution in [-0.4, -0.2) is 24.4 Å². The van der Waals surface area contributed by atoms with E-state index in [-0.39, 0.29) is 18.0 Å². The van der Waals surface area contributed by atoms with Gasteiger partial charge in [-0.1, -0.05) is 13.5 Å². The molecule has 0 aromatic heterocycles. The molecule has 0 aliphatic carbocycles. The fourth-order valence-corrected chi connectivity index (χ4v) is 1.20. The fourth-order valence-electron chi connectivity index (χ4n) is 1.20. The van der Waals surface area contributed by atoms with Gasteiger partial charge in [-0.2, -0.15) is 0 Å². The van der Waals surface area contributed by atoms with Gasteiger partial charge in [-0.05, 0) is 25.8 Å². The summed E-state index contributed by atoms with van der Waals surface area (Å²) in [4.78, 5) is 21.2. The van der Waals surface area contributed by atoms with Gasteiger partial charge in [-0.25, -0.2) is 0 Å². The number of carbonyl (C=O) groups excluding carboxylic acids is 2. The van der Waals surface area contributed by atoms with Gasteiger partial charge >= 0.3 is 0 Å².